The molecule has 6 heteroatoms. The van der Waals surface area contributed by atoms with Crippen molar-refractivity contribution in [2.24, 2.45) is 0 Å². The number of rotatable bonds is 5. The highest BCUT2D eigenvalue weighted by Crippen LogP contribution is 2.43. The number of hydrogen-bond acceptors (Lipinski definition) is 4. The molecule has 0 saturated carbocycles. The number of para-hydroxylation sites is 2. The molecule has 0 amide bonds. The zero-order valence-electron chi connectivity index (χ0n) is 15.1. The third kappa shape index (κ3) is 3.26. The van der Waals surface area contributed by atoms with Crippen LogP contribution in [-0.2, 0) is 10.0 Å². The molecule has 0 aromatic heterocycles. The van der Waals surface area contributed by atoms with Crippen molar-refractivity contribution in [1.82, 2.24) is 5.32 Å². The summed E-state index contributed by atoms with van der Waals surface area (Å²) in [4.78, 5) is 0. The number of ether oxygens (including phenoxy) is 1. The predicted octanol–water partition coefficient (Wildman–Crippen LogP) is 4.03. The molecule has 1 heterocycles. The van der Waals surface area contributed by atoms with Crippen LogP contribution in [0.4, 0.5) is 11.4 Å². The summed E-state index contributed by atoms with van der Waals surface area (Å²) < 4.78 is 34.1. The number of sulfonamides is 1. The zero-order valence-corrected chi connectivity index (χ0v) is 15.9. The average Bonchev–Trinajstić information content (AvgIpc) is 2.68. The van der Waals surface area contributed by atoms with Crippen molar-refractivity contribution < 1.29 is 13.2 Å². The molecule has 0 spiro atoms. The maximum Gasteiger partial charge on any atom is 0.277 e. The Morgan fingerprint density at radius 1 is 1.00 bits per heavy atom. The van der Waals surface area contributed by atoms with E-state index in [1.54, 1.807) is 6.07 Å². The van der Waals surface area contributed by atoms with E-state index in [2.05, 4.69) is 5.32 Å². The van der Waals surface area contributed by atoms with Crippen LogP contribution in [-0.4, -0.2) is 27.4 Å². The minimum atomic E-state index is -3.70. The molecule has 140 valence electrons. The van der Waals surface area contributed by atoms with Gasteiger partial charge in [-0.25, -0.2) is 12.7 Å². The van der Waals surface area contributed by atoms with Gasteiger partial charge >= 0.3 is 0 Å². The molecule has 27 heavy (non-hydrogen) atoms. The molecule has 1 unspecified atom stereocenters. The summed E-state index contributed by atoms with van der Waals surface area (Å²) in [6, 6.07) is 20.9. The van der Waals surface area contributed by atoms with E-state index in [0.717, 1.165) is 17.3 Å². The fourth-order valence-electron chi connectivity index (χ4n) is 3.42. The molecule has 0 radical (unpaired) electrons. The van der Waals surface area contributed by atoms with Gasteiger partial charge in [0, 0.05) is 6.42 Å². The number of nitrogens with zero attached hydrogens (tertiary/aromatic N) is 1. The van der Waals surface area contributed by atoms with E-state index in [4.69, 9.17) is 4.74 Å². The van der Waals surface area contributed by atoms with Crippen molar-refractivity contribution in [3.63, 3.8) is 0 Å². The summed E-state index contributed by atoms with van der Waals surface area (Å²) in [6.07, 6.45) is 1.15. The van der Waals surface area contributed by atoms with E-state index >= 15 is 0 Å². The van der Waals surface area contributed by atoms with Gasteiger partial charge in [-0.3, -0.25) is 0 Å². The van der Waals surface area contributed by atoms with Crippen LogP contribution in [0.25, 0.3) is 10.8 Å². The standard InChI is InChI=1S/C21H22N2O3S/c1-22-14-6-11-21-26-20-10-5-4-9-19(20)23(27(21,24)25)18-13-12-16-7-2-3-8-17(16)15-18/h2-5,7-10,12-13,15,21-22H,6,11,14H2,1H3. The highest BCUT2D eigenvalue weighted by Gasteiger charge is 2.40. The van der Waals surface area contributed by atoms with Crippen molar-refractivity contribution in [3.05, 3.63) is 66.7 Å². The largest absolute Gasteiger partial charge is 0.470 e. The molecule has 3 aromatic carbocycles. The number of nitrogens with one attached hydrogen (secondary N) is 1. The zero-order chi connectivity index (χ0) is 18.9. The van der Waals surface area contributed by atoms with Gasteiger partial charge in [-0.1, -0.05) is 42.5 Å². The van der Waals surface area contributed by atoms with Crippen LogP contribution in [0.3, 0.4) is 0 Å². The summed E-state index contributed by atoms with van der Waals surface area (Å²) in [5.41, 5.74) is 0.285. The van der Waals surface area contributed by atoms with Crippen LogP contribution in [0.5, 0.6) is 5.75 Å². The molecule has 1 atom stereocenters. The van der Waals surface area contributed by atoms with E-state index in [1.165, 1.54) is 4.31 Å². The molecular formula is C21H22N2O3S. The smallest absolute Gasteiger partial charge is 0.277 e. The van der Waals surface area contributed by atoms with Crippen molar-refractivity contribution in [1.29, 1.82) is 0 Å². The Morgan fingerprint density at radius 3 is 2.56 bits per heavy atom. The van der Waals surface area contributed by atoms with Crippen LogP contribution in [0.1, 0.15) is 12.8 Å². The summed E-state index contributed by atoms with van der Waals surface area (Å²) in [7, 11) is -1.84. The number of fused-ring (bicyclic) bond motifs is 2. The van der Waals surface area contributed by atoms with Crippen LogP contribution in [0.2, 0.25) is 0 Å². The minimum absolute atomic E-state index is 0.432. The summed E-state index contributed by atoms with van der Waals surface area (Å²) in [5, 5.41) is 5.13. The lowest BCUT2D eigenvalue weighted by Gasteiger charge is -2.35. The first-order chi connectivity index (χ1) is 13.1. The Labute approximate surface area is 159 Å². The first-order valence-electron chi connectivity index (χ1n) is 9.04. The van der Waals surface area contributed by atoms with Crippen LogP contribution < -0.4 is 14.4 Å². The van der Waals surface area contributed by atoms with E-state index in [0.29, 0.717) is 30.0 Å². The van der Waals surface area contributed by atoms with Gasteiger partial charge in [-0.15, -0.1) is 0 Å². The molecule has 0 bridgehead atoms. The van der Waals surface area contributed by atoms with Crippen molar-refractivity contribution in [3.8, 4) is 5.75 Å². The van der Waals surface area contributed by atoms with E-state index in [1.807, 2.05) is 67.7 Å². The van der Waals surface area contributed by atoms with Crippen LogP contribution in [0.15, 0.2) is 66.7 Å². The maximum absolute atomic E-state index is 13.4. The molecule has 1 N–H and O–H groups in total. The van der Waals surface area contributed by atoms with Crippen LogP contribution >= 0.6 is 0 Å². The Balaban J connectivity index is 1.82. The lowest BCUT2D eigenvalue weighted by Crippen LogP contribution is -2.43. The Morgan fingerprint density at radius 2 is 1.74 bits per heavy atom. The summed E-state index contributed by atoms with van der Waals surface area (Å²) in [5.74, 6) is 0.593. The SMILES string of the molecule is CNCCCC1Oc2ccccc2N(c2ccc3ccccc3c2)S1(=O)=O. The molecule has 4 rings (SSSR count). The Hall–Kier alpha value is -2.57. The highest BCUT2D eigenvalue weighted by atomic mass is 32.2. The number of benzene rings is 3. The third-order valence-electron chi connectivity index (χ3n) is 4.76. The van der Waals surface area contributed by atoms with E-state index < -0.39 is 15.5 Å². The predicted molar refractivity (Wildman–Crippen MR) is 109 cm³/mol. The average molecular weight is 382 g/mol. The van der Waals surface area contributed by atoms with Crippen molar-refractivity contribution >= 4 is 32.2 Å². The van der Waals surface area contributed by atoms with Crippen molar-refractivity contribution in [2.45, 2.75) is 18.3 Å². The Bertz CT molecular complexity index is 1070. The van der Waals surface area contributed by atoms with Gasteiger partial charge in [0.25, 0.3) is 10.0 Å². The molecule has 1 aliphatic rings. The van der Waals surface area contributed by atoms with Gasteiger partial charge in [0.2, 0.25) is 5.44 Å². The number of anilines is 2. The second-order valence-electron chi connectivity index (χ2n) is 6.60. The fraction of sp³-hybridized carbons (Fsp3) is 0.238. The lowest BCUT2D eigenvalue weighted by atomic mass is 10.1. The van der Waals surface area contributed by atoms with Gasteiger partial charge in [0.1, 0.15) is 5.75 Å². The normalized spacial score (nSPS) is 18.1. The highest BCUT2D eigenvalue weighted by molar-refractivity contribution is 7.93. The second kappa shape index (κ2) is 7.21. The monoisotopic (exact) mass is 382 g/mol. The number of hydrogen-bond donors (Lipinski definition) is 1. The van der Waals surface area contributed by atoms with Crippen LogP contribution in [0, 0.1) is 0 Å². The van der Waals surface area contributed by atoms with Gasteiger partial charge in [0.05, 0.1) is 11.4 Å². The molecule has 0 saturated heterocycles. The van der Waals surface area contributed by atoms with Crippen molar-refractivity contribution in [2.75, 3.05) is 17.9 Å². The topological polar surface area (TPSA) is 58.6 Å². The fourth-order valence-corrected chi connectivity index (χ4v) is 5.18. The molecule has 5 nitrogen and oxygen atoms in total. The second-order valence-corrected chi connectivity index (χ2v) is 8.52. The van der Waals surface area contributed by atoms with E-state index in [-0.39, 0.29) is 0 Å². The first kappa shape index (κ1) is 17.8. The van der Waals surface area contributed by atoms with Gasteiger partial charge in [0.15, 0.2) is 0 Å². The summed E-state index contributed by atoms with van der Waals surface area (Å²) >= 11 is 0. The van der Waals surface area contributed by atoms with Gasteiger partial charge in [-0.2, -0.15) is 0 Å². The summed E-state index contributed by atoms with van der Waals surface area (Å²) in [6.45, 7) is 0.743. The lowest BCUT2D eigenvalue weighted by molar-refractivity contribution is 0.254. The van der Waals surface area contributed by atoms with Gasteiger partial charge < -0.3 is 10.1 Å². The molecule has 1 aliphatic heterocycles. The van der Waals surface area contributed by atoms with Gasteiger partial charge in [-0.05, 0) is 55.1 Å². The molecular weight excluding hydrogens is 360 g/mol. The molecule has 3 aromatic rings. The molecule has 0 aliphatic carbocycles. The quantitative estimate of drug-likeness (QED) is 0.677. The maximum atomic E-state index is 13.4. The third-order valence-corrected chi connectivity index (χ3v) is 6.68. The minimum Gasteiger partial charge on any atom is -0.470 e. The first-order valence-corrected chi connectivity index (χ1v) is 10.5. The van der Waals surface area contributed by atoms with E-state index in [9.17, 15) is 8.42 Å². The Kier molecular flexibility index (Phi) is 4.76. The molecule has 0 fully saturated rings.